The van der Waals surface area contributed by atoms with Gasteiger partial charge < -0.3 is 19.9 Å². The summed E-state index contributed by atoms with van der Waals surface area (Å²) in [5, 5.41) is 5.40. The SMILES string of the molecule is CNC(=O)[C@H](CC(C)C)NC(=O)[C@H](CC(C)C)CP(=O)(CN1C(=O)c2cccc(OCc3ccccc3)c2C1=O)OC. The van der Waals surface area contributed by atoms with Gasteiger partial charge in [-0.2, -0.15) is 0 Å². The summed E-state index contributed by atoms with van der Waals surface area (Å²) in [5.74, 6) is -2.26. The maximum absolute atomic E-state index is 14.1. The first-order chi connectivity index (χ1) is 19.9. The number of hydrogen-bond acceptors (Lipinski definition) is 7. The Balaban J connectivity index is 1.80. The van der Waals surface area contributed by atoms with Crippen molar-refractivity contribution in [2.45, 2.75) is 53.2 Å². The van der Waals surface area contributed by atoms with Crippen molar-refractivity contribution in [3.63, 3.8) is 0 Å². The maximum Gasteiger partial charge on any atom is 0.265 e. The summed E-state index contributed by atoms with van der Waals surface area (Å²) in [4.78, 5) is 53.6. The predicted molar refractivity (Wildman–Crippen MR) is 160 cm³/mol. The molecule has 1 aliphatic heterocycles. The van der Waals surface area contributed by atoms with E-state index in [1.165, 1.54) is 20.2 Å². The molecule has 0 saturated heterocycles. The first kappa shape index (κ1) is 33.0. The maximum atomic E-state index is 14.1. The van der Waals surface area contributed by atoms with Crippen LogP contribution in [0.5, 0.6) is 5.75 Å². The number of nitrogens with zero attached hydrogens (tertiary/aromatic N) is 1. The van der Waals surface area contributed by atoms with Crippen molar-refractivity contribution in [1.29, 1.82) is 0 Å². The number of carbonyl (C=O) groups excluding carboxylic acids is 4. The Hall–Kier alpha value is -3.49. The minimum Gasteiger partial charge on any atom is -0.488 e. The molecule has 0 saturated carbocycles. The van der Waals surface area contributed by atoms with E-state index in [0.29, 0.717) is 12.8 Å². The van der Waals surface area contributed by atoms with Gasteiger partial charge in [0.25, 0.3) is 11.8 Å². The fourth-order valence-corrected chi connectivity index (χ4v) is 7.08. The lowest BCUT2D eigenvalue weighted by Gasteiger charge is -2.28. The van der Waals surface area contributed by atoms with Crippen molar-refractivity contribution in [3.05, 3.63) is 65.2 Å². The van der Waals surface area contributed by atoms with E-state index >= 15 is 0 Å². The molecule has 1 unspecified atom stereocenters. The zero-order chi connectivity index (χ0) is 31.0. The average Bonchev–Trinajstić information content (AvgIpc) is 3.19. The number of likely N-dealkylation sites (N-methyl/N-ethyl adjacent to an activating group) is 1. The lowest BCUT2D eigenvalue weighted by molar-refractivity contribution is -0.131. The van der Waals surface area contributed by atoms with E-state index in [1.54, 1.807) is 12.1 Å². The zero-order valence-corrected chi connectivity index (χ0v) is 26.1. The van der Waals surface area contributed by atoms with Crippen LogP contribution >= 0.6 is 7.37 Å². The first-order valence-electron chi connectivity index (χ1n) is 14.2. The Labute approximate surface area is 248 Å². The summed E-state index contributed by atoms with van der Waals surface area (Å²) in [7, 11) is -0.956. The van der Waals surface area contributed by atoms with Crippen LogP contribution in [0.25, 0.3) is 0 Å². The van der Waals surface area contributed by atoms with Crippen LogP contribution in [-0.2, 0) is 25.3 Å². The monoisotopic (exact) mass is 599 g/mol. The lowest BCUT2D eigenvalue weighted by Crippen LogP contribution is -2.49. The molecule has 2 N–H and O–H groups in total. The number of ether oxygens (including phenoxy) is 1. The Kier molecular flexibility index (Phi) is 11.5. The van der Waals surface area contributed by atoms with Gasteiger partial charge in [0.05, 0.1) is 11.1 Å². The van der Waals surface area contributed by atoms with Crippen LogP contribution in [0.15, 0.2) is 48.5 Å². The zero-order valence-electron chi connectivity index (χ0n) is 25.2. The van der Waals surface area contributed by atoms with Gasteiger partial charge in [0.2, 0.25) is 19.2 Å². The van der Waals surface area contributed by atoms with Gasteiger partial charge in [-0.1, -0.05) is 64.1 Å². The van der Waals surface area contributed by atoms with Crippen LogP contribution in [0.2, 0.25) is 0 Å². The highest BCUT2D eigenvalue weighted by Crippen LogP contribution is 2.50. The molecule has 0 aliphatic carbocycles. The number of imide groups is 1. The van der Waals surface area contributed by atoms with Gasteiger partial charge in [0.1, 0.15) is 24.7 Å². The van der Waals surface area contributed by atoms with Gasteiger partial charge in [0.15, 0.2) is 0 Å². The van der Waals surface area contributed by atoms with Crippen molar-refractivity contribution in [3.8, 4) is 5.75 Å². The number of benzene rings is 2. The molecule has 0 aromatic heterocycles. The molecule has 3 atom stereocenters. The first-order valence-corrected chi connectivity index (χ1v) is 16.2. The molecule has 228 valence electrons. The summed E-state index contributed by atoms with van der Waals surface area (Å²) < 4.78 is 25.4. The molecular weight excluding hydrogens is 557 g/mol. The molecule has 0 radical (unpaired) electrons. The fraction of sp³-hybridized carbons (Fsp3) is 0.484. The van der Waals surface area contributed by atoms with E-state index in [-0.39, 0.29) is 47.4 Å². The van der Waals surface area contributed by atoms with Crippen LogP contribution in [0, 0.1) is 17.8 Å². The third-order valence-corrected chi connectivity index (χ3v) is 9.48. The normalized spacial score (nSPS) is 15.8. The molecule has 1 aliphatic rings. The summed E-state index contributed by atoms with van der Waals surface area (Å²) >= 11 is 0. The molecule has 42 heavy (non-hydrogen) atoms. The Morgan fingerprint density at radius 1 is 0.905 bits per heavy atom. The van der Waals surface area contributed by atoms with E-state index in [4.69, 9.17) is 9.26 Å². The molecule has 2 aromatic carbocycles. The van der Waals surface area contributed by atoms with Crippen LogP contribution in [0.3, 0.4) is 0 Å². The van der Waals surface area contributed by atoms with Crippen LogP contribution in [-0.4, -0.2) is 61.2 Å². The molecule has 10 nitrogen and oxygen atoms in total. The van der Waals surface area contributed by atoms with E-state index in [0.717, 1.165) is 10.5 Å². The van der Waals surface area contributed by atoms with E-state index in [1.807, 2.05) is 58.0 Å². The second-order valence-corrected chi connectivity index (χ2v) is 14.1. The van der Waals surface area contributed by atoms with Gasteiger partial charge in [-0.05, 0) is 42.4 Å². The number of rotatable bonds is 15. The third kappa shape index (κ3) is 8.29. The van der Waals surface area contributed by atoms with Crippen molar-refractivity contribution in [1.82, 2.24) is 15.5 Å². The van der Waals surface area contributed by atoms with Gasteiger partial charge >= 0.3 is 0 Å². The van der Waals surface area contributed by atoms with Gasteiger partial charge in [-0.25, -0.2) is 0 Å². The fourth-order valence-electron chi connectivity index (χ4n) is 5.03. The highest BCUT2D eigenvalue weighted by atomic mass is 31.2. The smallest absolute Gasteiger partial charge is 0.265 e. The molecule has 0 fully saturated rings. The summed E-state index contributed by atoms with van der Waals surface area (Å²) in [6.07, 6.45) is 0.132. The van der Waals surface area contributed by atoms with Crippen molar-refractivity contribution in [2.24, 2.45) is 17.8 Å². The Bertz CT molecular complexity index is 1330. The van der Waals surface area contributed by atoms with E-state index < -0.39 is 43.3 Å². The van der Waals surface area contributed by atoms with Gasteiger partial charge in [0, 0.05) is 26.2 Å². The third-order valence-electron chi connectivity index (χ3n) is 7.10. The molecule has 1 heterocycles. The van der Waals surface area contributed by atoms with Gasteiger partial charge in [-0.3, -0.25) is 28.6 Å². The molecule has 4 amide bonds. The highest BCUT2D eigenvalue weighted by molar-refractivity contribution is 7.59. The minimum atomic E-state index is -3.72. The predicted octanol–water partition coefficient (Wildman–Crippen LogP) is 4.68. The van der Waals surface area contributed by atoms with E-state index in [9.17, 15) is 23.7 Å². The minimum absolute atomic E-state index is 0.0678. The molecule has 0 spiro atoms. The summed E-state index contributed by atoms with van der Waals surface area (Å²) in [5.41, 5.74) is 1.17. The van der Waals surface area contributed by atoms with Gasteiger partial charge in [-0.15, -0.1) is 0 Å². The largest absolute Gasteiger partial charge is 0.488 e. The molecule has 3 rings (SSSR count). The standard InChI is InChI=1S/C31H42N3O7P/c1-20(2)15-23(28(35)33-25(16-21(3)4)29(36)32-5)18-42(39,40-6)19-34-30(37)24-13-10-14-26(27(24)31(34)38)41-17-22-11-8-7-9-12-22/h7-14,20-21,23,25H,15-19H2,1-6H3,(H,32,36)(H,33,35)/t23-,25+,42?/m1/s1. The Morgan fingerprint density at radius 3 is 2.17 bits per heavy atom. The van der Waals surface area contributed by atoms with Crippen molar-refractivity contribution in [2.75, 3.05) is 26.6 Å². The van der Waals surface area contributed by atoms with Crippen LogP contribution in [0.1, 0.15) is 66.8 Å². The highest BCUT2D eigenvalue weighted by Gasteiger charge is 2.43. The summed E-state index contributed by atoms with van der Waals surface area (Å²) in [6, 6.07) is 13.5. The topological polar surface area (TPSA) is 131 Å². The van der Waals surface area contributed by atoms with Crippen LogP contribution < -0.4 is 15.4 Å². The summed E-state index contributed by atoms with van der Waals surface area (Å²) in [6.45, 7) is 7.97. The number of nitrogens with one attached hydrogen (secondary N) is 2. The quantitative estimate of drug-likeness (QED) is 0.224. The van der Waals surface area contributed by atoms with Crippen LogP contribution in [0.4, 0.5) is 0 Å². The average molecular weight is 600 g/mol. The number of fused-ring (bicyclic) bond motifs is 1. The molecule has 2 aromatic rings. The molecular formula is C31H42N3O7P. The lowest BCUT2D eigenvalue weighted by atomic mass is 9.96. The second-order valence-electron chi connectivity index (χ2n) is 11.4. The second kappa shape index (κ2) is 14.6. The van der Waals surface area contributed by atoms with E-state index in [2.05, 4.69) is 10.6 Å². The Morgan fingerprint density at radius 2 is 1.57 bits per heavy atom. The number of hydrogen-bond donors (Lipinski definition) is 2. The molecule has 0 bridgehead atoms. The number of amides is 4. The molecule has 11 heteroatoms. The number of carbonyl (C=O) groups is 4. The van der Waals surface area contributed by atoms with Crippen molar-refractivity contribution >= 4 is 31.0 Å². The van der Waals surface area contributed by atoms with Crippen molar-refractivity contribution < 1.29 is 33.0 Å².